The topological polar surface area (TPSA) is 135 Å². The summed E-state index contributed by atoms with van der Waals surface area (Å²) >= 11 is 0. The van der Waals surface area contributed by atoms with E-state index in [0.717, 1.165) is 5.56 Å². The maximum atomic E-state index is 11.9. The Morgan fingerprint density at radius 3 is 2.55 bits per heavy atom. The van der Waals surface area contributed by atoms with E-state index in [9.17, 15) is 14.4 Å². The van der Waals surface area contributed by atoms with E-state index in [1.807, 2.05) is 6.07 Å². The summed E-state index contributed by atoms with van der Waals surface area (Å²) in [7, 11) is 0. The zero-order chi connectivity index (χ0) is 21.4. The lowest BCUT2D eigenvalue weighted by atomic mass is 10.2. The third kappa shape index (κ3) is 8.01. The van der Waals surface area contributed by atoms with Crippen molar-refractivity contribution in [2.24, 2.45) is 5.73 Å². The molecule has 0 aliphatic carbocycles. The van der Waals surface area contributed by atoms with Gasteiger partial charge in [0, 0.05) is 6.20 Å². The highest BCUT2D eigenvalue weighted by Gasteiger charge is 2.21. The highest BCUT2D eigenvalue weighted by Crippen LogP contribution is 2.11. The number of benzene rings is 1. The lowest BCUT2D eigenvalue weighted by Crippen LogP contribution is -2.37. The molecule has 0 aliphatic rings. The van der Waals surface area contributed by atoms with E-state index in [4.69, 9.17) is 15.2 Å². The van der Waals surface area contributed by atoms with Crippen LogP contribution in [0.15, 0.2) is 42.7 Å². The second-order valence-electron chi connectivity index (χ2n) is 7.13. The smallest absolute Gasteiger partial charge is 0.444 e. The zero-order valence-corrected chi connectivity index (χ0v) is 16.5. The molecular formula is C19H24N4O6. The third-order valence-electron chi connectivity index (χ3n) is 3.35. The molecule has 0 radical (unpaired) electrons. The molecule has 29 heavy (non-hydrogen) atoms. The van der Waals surface area contributed by atoms with E-state index >= 15 is 0 Å². The summed E-state index contributed by atoms with van der Waals surface area (Å²) in [6, 6.07) is 7.78. The Morgan fingerprint density at radius 1 is 1.21 bits per heavy atom. The average Bonchev–Trinajstić information content (AvgIpc) is 3.05. The van der Waals surface area contributed by atoms with E-state index in [1.165, 1.54) is 17.1 Å². The van der Waals surface area contributed by atoms with Crippen LogP contribution >= 0.6 is 0 Å². The number of nitrogens with one attached hydrogen (secondary N) is 1. The first-order chi connectivity index (χ1) is 13.6. The Morgan fingerprint density at radius 2 is 1.90 bits per heavy atom. The highest BCUT2D eigenvalue weighted by atomic mass is 16.7. The normalized spacial score (nSPS) is 12.0. The molecule has 1 atom stereocenters. The van der Waals surface area contributed by atoms with E-state index < -0.39 is 29.9 Å². The molecule has 1 heterocycles. The van der Waals surface area contributed by atoms with Crippen LogP contribution in [0.2, 0.25) is 0 Å². The largest absolute Gasteiger partial charge is 0.516 e. The van der Waals surface area contributed by atoms with Gasteiger partial charge >= 0.3 is 18.2 Å². The van der Waals surface area contributed by atoms with Crippen molar-refractivity contribution in [3.05, 3.63) is 48.3 Å². The summed E-state index contributed by atoms with van der Waals surface area (Å²) in [5, 5.41) is 6.50. The summed E-state index contributed by atoms with van der Waals surface area (Å²) < 4.78 is 15.9. The standard InChI is InChI=1S/C19H24N4O6/c1-19(2,3)29-17(25)22-14-9-21-23(10-14)11-15(20)16(24)28-18(26)27-12-13-7-5-4-6-8-13/h4-10,15H,11-12,20H2,1-3H3,(H,22,25)/t15-/m0/s1. The Balaban J connectivity index is 1.78. The number of anilines is 1. The van der Waals surface area contributed by atoms with E-state index in [2.05, 4.69) is 15.2 Å². The fourth-order valence-electron chi connectivity index (χ4n) is 2.13. The van der Waals surface area contributed by atoms with Crippen LogP contribution in [0.25, 0.3) is 0 Å². The molecule has 1 aromatic carbocycles. The Hall–Kier alpha value is -3.40. The second kappa shape index (κ2) is 9.69. The Labute approximate surface area is 167 Å². The molecule has 0 spiro atoms. The van der Waals surface area contributed by atoms with Crippen molar-refractivity contribution >= 4 is 23.9 Å². The Kier molecular flexibility index (Phi) is 7.32. The van der Waals surface area contributed by atoms with Crippen LogP contribution in [0.3, 0.4) is 0 Å². The van der Waals surface area contributed by atoms with Crippen molar-refractivity contribution in [1.29, 1.82) is 0 Å². The molecule has 0 unspecified atom stereocenters. The minimum atomic E-state index is -1.16. The minimum Gasteiger partial charge on any atom is -0.444 e. The Bertz CT molecular complexity index is 844. The molecule has 2 aromatic rings. The number of nitrogens with zero attached hydrogens (tertiary/aromatic N) is 2. The van der Waals surface area contributed by atoms with Gasteiger partial charge in [-0.15, -0.1) is 0 Å². The minimum absolute atomic E-state index is 0.0267. The van der Waals surface area contributed by atoms with Crippen molar-refractivity contribution in [2.75, 3.05) is 5.32 Å². The van der Waals surface area contributed by atoms with Gasteiger partial charge in [-0.1, -0.05) is 30.3 Å². The highest BCUT2D eigenvalue weighted by molar-refractivity contribution is 5.85. The van der Waals surface area contributed by atoms with Gasteiger partial charge in [0.15, 0.2) is 0 Å². The number of aromatic nitrogens is 2. The monoisotopic (exact) mass is 404 g/mol. The number of carbonyl (C=O) groups excluding carboxylic acids is 3. The van der Waals surface area contributed by atoms with Crippen LogP contribution < -0.4 is 11.1 Å². The molecule has 0 saturated carbocycles. The number of hydrogen-bond acceptors (Lipinski definition) is 8. The van der Waals surface area contributed by atoms with Crippen LogP contribution in [0.4, 0.5) is 15.3 Å². The maximum absolute atomic E-state index is 11.9. The molecule has 156 valence electrons. The maximum Gasteiger partial charge on any atom is 0.516 e. The molecule has 10 heteroatoms. The molecule has 0 saturated heterocycles. The average molecular weight is 404 g/mol. The van der Waals surface area contributed by atoms with Crippen LogP contribution in [0.1, 0.15) is 26.3 Å². The summed E-state index contributed by atoms with van der Waals surface area (Å²) in [6.07, 6.45) is 1.06. The molecule has 0 aliphatic heterocycles. The van der Waals surface area contributed by atoms with Crippen molar-refractivity contribution in [3.63, 3.8) is 0 Å². The molecule has 2 rings (SSSR count). The first-order valence-electron chi connectivity index (χ1n) is 8.83. The van der Waals surface area contributed by atoms with Gasteiger partial charge in [0.05, 0.1) is 18.4 Å². The van der Waals surface area contributed by atoms with Crippen LogP contribution in [-0.4, -0.2) is 39.6 Å². The number of carbonyl (C=O) groups is 3. The molecule has 1 aromatic heterocycles. The van der Waals surface area contributed by atoms with Gasteiger partial charge in [0.1, 0.15) is 18.2 Å². The van der Waals surface area contributed by atoms with Crippen molar-refractivity contribution < 1.29 is 28.6 Å². The molecule has 1 amide bonds. The van der Waals surface area contributed by atoms with E-state index in [1.54, 1.807) is 45.0 Å². The predicted molar refractivity (Wildman–Crippen MR) is 103 cm³/mol. The molecule has 10 nitrogen and oxygen atoms in total. The second-order valence-corrected chi connectivity index (χ2v) is 7.13. The summed E-state index contributed by atoms with van der Waals surface area (Å²) in [4.78, 5) is 35.3. The summed E-state index contributed by atoms with van der Waals surface area (Å²) in [5.74, 6) is -0.958. The van der Waals surface area contributed by atoms with Gasteiger partial charge in [-0.25, -0.2) is 14.4 Å². The molecular weight excluding hydrogens is 380 g/mol. The van der Waals surface area contributed by atoms with Crippen LogP contribution in [0, 0.1) is 0 Å². The van der Waals surface area contributed by atoms with Gasteiger partial charge < -0.3 is 19.9 Å². The fraction of sp³-hybridized carbons (Fsp3) is 0.368. The molecule has 3 N–H and O–H groups in total. The van der Waals surface area contributed by atoms with Gasteiger partial charge in [-0.05, 0) is 26.3 Å². The fourth-order valence-corrected chi connectivity index (χ4v) is 2.13. The SMILES string of the molecule is CC(C)(C)OC(=O)Nc1cnn(C[C@H](N)C(=O)OC(=O)OCc2ccccc2)c1. The van der Waals surface area contributed by atoms with Gasteiger partial charge in [0.2, 0.25) is 0 Å². The first-order valence-corrected chi connectivity index (χ1v) is 8.83. The third-order valence-corrected chi connectivity index (χ3v) is 3.35. The van der Waals surface area contributed by atoms with Crippen molar-refractivity contribution in [3.8, 4) is 0 Å². The van der Waals surface area contributed by atoms with Gasteiger partial charge in [-0.3, -0.25) is 10.00 Å². The molecule has 0 fully saturated rings. The number of nitrogens with two attached hydrogens (primary N) is 1. The van der Waals surface area contributed by atoms with Crippen molar-refractivity contribution in [2.45, 2.75) is 45.6 Å². The van der Waals surface area contributed by atoms with Crippen molar-refractivity contribution in [1.82, 2.24) is 9.78 Å². The van der Waals surface area contributed by atoms with E-state index in [-0.39, 0.29) is 13.2 Å². The number of rotatable bonds is 6. The number of esters is 1. The predicted octanol–water partition coefficient (Wildman–Crippen LogP) is 2.44. The summed E-state index contributed by atoms with van der Waals surface area (Å²) in [6.45, 7) is 5.13. The number of hydrogen-bond donors (Lipinski definition) is 2. The van der Waals surface area contributed by atoms with Crippen LogP contribution in [-0.2, 0) is 32.2 Å². The van der Waals surface area contributed by atoms with Gasteiger partial charge in [-0.2, -0.15) is 5.10 Å². The van der Waals surface area contributed by atoms with Crippen LogP contribution in [0.5, 0.6) is 0 Å². The van der Waals surface area contributed by atoms with E-state index in [0.29, 0.717) is 5.69 Å². The van der Waals surface area contributed by atoms with Gasteiger partial charge in [0.25, 0.3) is 0 Å². The number of ether oxygens (including phenoxy) is 3. The lowest BCUT2D eigenvalue weighted by Gasteiger charge is -2.19. The zero-order valence-electron chi connectivity index (χ0n) is 16.5. The summed E-state index contributed by atoms with van der Waals surface area (Å²) in [5.41, 5.74) is 6.22. The lowest BCUT2D eigenvalue weighted by molar-refractivity contribution is -0.141. The molecule has 0 bridgehead atoms. The first kappa shape index (κ1) is 21.9. The number of amides is 1. The quantitative estimate of drug-likeness (QED) is 0.554.